The van der Waals surface area contributed by atoms with Gasteiger partial charge >= 0.3 is 5.97 Å². The van der Waals surface area contributed by atoms with Gasteiger partial charge in [-0.05, 0) is 53.1 Å². The van der Waals surface area contributed by atoms with Crippen LogP contribution in [-0.2, 0) is 16.0 Å². The lowest BCUT2D eigenvalue weighted by Gasteiger charge is -2.22. The van der Waals surface area contributed by atoms with Gasteiger partial charge in [-0.15, -0.1) is 0 Å². The maximum Gasteiger partial charge on any atom is 0.323 e. The summed E-state index contributed by atoms with van der Waals surface area (Å²) in [4.78, 5) is 24.7. The number of nitrogens with two attached hydrogens (primary N) is 1. The molecule has 35 heavy (non-hydrogen) atoms. The lowest BCUT2D eigenvalue weighted by molar-refractivity contribution is -0.145. The summed E-state index contributed by atoms with van der Waals surface area (Å²) < 4.78 is 5.10. The van der Waals surface area contributed by atoms with Crippen LogP contribution in [0.4, 0.5) is 0 Å². The molecule has 0 aliphatic carbocycles. The minimum absolute atomic E-state index is 0.116. The Labute approximate surface area is 208 Å². The van der Waals surface area contributed by atoms with E-state index in [0.717, 1.165) is 12.0 Å². The van der Waals surface area contributed by atoms with Crippen molar-refractivity contribution in [2.75, 3.05) is 13.2 Å². The van der Waals surface area contributed by atoms with Gasteiger partial charge in [-0.2, -0.15) is 0 Å². The zero-order chi connectivity index (χ0) is 25.2. The molecule has 0 saturated heterocycles. The molecule has 0 aliphatic heterocycles. The van der Waals surface area contributed by atoms with E-state index in [1.54, 1.807) is 12.1 Å². The normalized spacial score (nSPS) is 12.7. The maximum absolute atomic E-state index is 12.8. The Hall–Kier alpha value is -3.44. The fraction of sp³-hybridized carbons (Fsp3) is 0.333. The summed E-state index contributed by atoms with van der Waals surface area (Å²) >= 11 is 0. The number of ether oxygens (including phenoxy) is 1. The number of carbonyl (C=O) groups excluding carboxylic acids is 2. The van der Waals surface area contributed by atoms with Crippen molar-refractivity contribution in [3.63, 3.8) is 0 Å². The first-order valence-corrected chi connectivity index (χ1v) is 12.3. The SMILES string of the molecule is CCCOC(=O)[C@@H](N)Cc1ccc(C(=O)NC[C@@H](c2ccc(-c3ccccc3)cc2)C(C)C)cc1. The van der Waals surface area contributed by atoms with Gasteiger partial charge in [0, 0.05) is 18.0 Å². The number of hydrogen-bond acceptors (Lipinski definition) is 4. The highest BCUT2D eigenvalue weighted by Gasteiger charge is 2.19. The largest absolute Gasteiger partial charge is 0.465 e. The van der Waals surface area contributed by atoms with Crippen LogP contribution < -0.4 is 11.1 Å². The molecule has 0 aromatic heterocycles. The summed E-state index contributed by atoms with van der Waals surface area (Å²) in [5.41, 5.74) is 11.0. The molecule has 5 heteroatoms. The molecule has 184 valence electrons. The second-order valence-electron chi connectivity index (χ2n) is 9.22. The average molecular weight is 473 g/mol. The first kappa shape index (κ1) is 26.2. The zero-order valence-electron chi connectivity index (χ0n) is 20.9. The van der Waals surface area contributed by atoms with Crippen LogP contribution >= 0.6 is 0 Å². The van der Waals surface area contributed by atoms with E-state index in [9.17, 15) is 9.59 Å². The van der Waals surface area contributed by atoms with E-state index < -0.39 is 12.0 Å². The first-order valence-electron chi connectivity index (χ1n) is 12.3. The van der Waals surface area contributed by atoms with Crippen LogP contribution in [-0.4, -0.2) is 31.1 Å². The number of hydrogen-bond donors (Lipinski definition) is 2. The minimum Gasteiger partial charge on any atom is -0.465 e. The topological polar surface area (TPSA) is 81.4 Å². The minimum atomic E-state index is -0.707. The van der Waals surface area contributed by atoms with Crippen molar-refractivity contribution in [2.45, 2.75) is 45.6 Å². The Bertz CT molecular complexity index is 1080. The Morgan fingerprint density at radius 1 is 0.886 bits per heavy atom. The highest BCUT2D eigenvalue weighted by Crippen LogP contribution is 2.27. The molecule has 3 rings (SSSR count). The molecule has 0 saturated carbocycles. The van der Waals surface area contributed by atoms with Gasteiger partial charge in [-0.25, -0.2) is 0 Å². The van der Waals surface area contributed by atoms with Crippen LogP contribution in [0.25, 0.3) is 11.1 Å². The van der Waals surface area contributed by atoms with E-state index >= 15 is 0 Å². The van der Waals surface area contributed by atoms with Crippen LogP contribution in [0.1, 0.15) is 54.6 Å². The third kappa shape index (κ3) is 7.52. The van der Waals surface area contributed by atoms with Crippen LogP contribution in [0.15, 0.2) is 78.9 Å². The maximum atomic E-state index is 12.8. The molecule has 5 nitrogen and oxygen atoms in total. The molecule has 0 unspecified atom stereocenters. The Balaban J connectivity index is 1.58. The fourth-order valence-electron chi connectivity index (χ4n) is 4.04. The van der Waals surface area contributed by atoms with E-state index in [4.69, 9.17) is 10.5 Å². The molecule has 0 radical (unpaired) electrons. The second kappa shape index (κ2) is 12.9. The van der Waals surface area contributed by atoms with E-state index in [1.165, 1.54) is 16.7 Å². The van der Waals surface area contributed by atoms with Crippen LogP contribution in [0.5, 0.6) is 0 Å². The van der Waals surface area contributed by atoms with E-state index in [-0.39, 0.29) is 11.8 Å². The number of esters is 1. The Morgan fingerprint density at radius 2 is 1.51 bits per heavy atom. The number of rotatable bonds is 11. The summed E-state index contributed by atoms with van der Waals surface area (Å²) in [5, 5.41) is 3.09. The Kier molecular flexibility index (Phi) is 9.62. The van der Waals surface area contributed by atoms with Crippen molar-refractivity contribution in [1.29, 1.82) is 0 Å². The molecule has 0 fully saturated rings. The monoisotopic (exact) mass is 472 g/mol. The third-order valence-corrected chi connectivity index (χ3v) is 6.16. The van der Waals surface area contributed by atoms with Crippen molar-refractivity contribution >= 4 is 11.9 Å². The van der Waals surface area contributed by atoms with Crippen molar-refractivity contribution in [3.8, 4) is 11.1 Å². The van der Waals surface area contributed by atoms with Crippen molar-refractivity contribution in [3.05, 3.63) is 95.6 Å². The van der Waals surface area contributed by atoms with Crippen LogP contribution in [0.3, 0.4) is 0 Å². The number of benzene rings is 3. The smallest absolute Gasteiger partial charge is 0.323 e. The molecule has 3 N–H and O–H groups in total. The standard InChI is InChI=1S/C30H36N2O3/c1-4-18-35-30(34)28(31)19-22-10-12-26(13-11-22)29(33)32-20-27(21(2)3)25-16-14-24(15-17-25)23-8-6-5-7-9-23/h5-17,21,27-28H,4,18-20,31H2,1-3H3,(H,32,33)/t27-,28+/m1/s1. The van der Waals surface area contributed by atoms with Crippen molar-refractivity contribution < 1.29 is 14.3 Å². The lowest BCUT2D eigenvalue weighted by atomic mass is 9.87. The van der Waals surface area contributed by atoms with Gasteiger partial charge in [0.25, 0.3) is 5.91 Å². The molecule has 0 aliphatic rings. The number of nitrogens with one attached hydrogen (secondary N) is 1. The van der Waals surface area contributed by atoms with Gasteiger partial charge < -0.3 is 15.8 Å². The molecular formula is C30H36N2O3. The van der Waals surface area contributed by atoms with Gasteiger partial charge in [0.05, 0.1) is 6.61 Å². The Morgan fingerprint density at radius 3 is 2.11 bits per heavy atom. The van der Waals surface area contributed by atoms with Gasteiger partial charge in [-0.1, -0.05) is 87.5 Å². The highest BCUT2D eigenvalue weighted by atomic mass is 16.5. The quantitative estimate of drug-likeness (QED) is 0.369. The predicted octanol–water partition coefficient (Wildman–Crippen LogP) is 5.35. The first-order chi connectivity index (χ1) is 16.9. The molecule has 0 bridgehead atoms. The van der Waals surface area contributed by atoms with Gasteiger partial charge in [-0.3, -0.25) is 9.59 Å². The molecule has 0 spiro atoms. The van der Waals surface area contributed by atoms with Crippen molar-refractivity contribution in [1.82, 2.24) is 5.32 Å². The predicted molar refractivity (Wildman–Crippen MR) is 141 cm³/mol. The molecule has 3 aromatic carbocycles. The molecule has 3 aromatic rings. The van der Waals surface area contributed by atoms with Gasteiger partial charge in [0.1, 0.15) is 6.04 Å². The second-order valence-corrected chi connectivity index (χ2v) is 9.22. The molecule has 2 atom stereocenters. The van der Waals surface area contributed by atoms with E-state index in [0.29, 0.717) is 31.1 Å². The summed E-state index contributed by atoms with van der Waals surface area (Å²) in [7, 11) is 0. The molecule has 0 heterocycles. The fourth-order valence-corrected chi connectivity index (χ4v) is 4.04. The lowest BCUT2D eigenvalue weighted by Crippen LogP contribution is -2.34. The van der Waals surface area contributed by atoms with Crippen LogP contribution in [0, 0.1) is 5.92 Å². The molecular weight excluding hydrogens is 436 g/mol. The summed E-state index contributed by atoms with van der Waals surface area (Å²) in [6.07, 6.45) is 1.14. The summed E-state index contributed by atoms with van der Waals surface area (Å²) in [5.74, 6) is 0.0596. The average Bonchev–Trinajstić information content (AvgIpc) is 2.88. The summed E-state index contributed by atoms with van der Waals surface area (Å²) in [6, 6.07) is 25.4. The highest BCUT2D eigenvalue weighted by molar-refractivity contribution is 5.94. The molecule has 1 amide bonds. The number of amides is 1. The van der Waals surface area contributed by atoms with E-state index in [1.807, 2.05) is 37.3 Å². The van der Waals surface area contributed by atoms with E-state index in [2.05, 4.69) is 55.6 Å². The zero-order valence-corrected chi connectivity index (χ0v) is 20.9. The summed E-state index contributed by atoms with van der Waals surface area (Å²) in [6.45, 7) is 7.21. The third-order valence-electron chi connectivity index (χ3n) is 6.16. The van der Waals surface area contributed by atoms with Crippen LogP contribution in [0.2, 0.25) is 0 Å². The van der Waals surface area contributed by atoms with Gasteiger partial charge in [0.2, 0.25) is 0 Å². The van der Waals surface area contributed by atoms with Gasteiger partial charge in [0.15, 0.2) is 0 Å². The number of carbonyl (C=O) groups is 2. The van der Waals surface area contributed by atoms with Crippen molar-refractivity contribution in [2.24, 2.45) is 11.7 Å².